The van der Waals surface area contributed by atoms with E-state index in [9.17, 15) is 9.59 Å². The number of rotatable bonds is 5. The van der Waals surface area contributed by atoms with Gasteiger partial charge in [0.1, 0.15) is 12.3 Å². The number of anilines is 1. The summed E-state index contributed by atoms with van der Waals surface area (Å²) in [5.74, 6) is 0.443. The predicted molar refractivity (Wildman–Crippen MR) is 105 cm³/mol. The zero-order chi connectivity index (χ0) is 18.8. The molecule has 1 amide bonds. The minimum atomic E-state index is -0.325. The van der Waals surface area contributed by atoms with E-state index in [4.69, 9.17) is 4.74 Å². The van der Waals surface area contributed by atoms with Crippen LogP contribution in [0, 0.1) is 0 Å². The molecule has 0 radical (unpaired) electrons. The SMILES string of the molecule is CCOc1ccc2nc(NC(=O)Cn3c(=O)cnc4ccccc43)sc2c1. The number of carbonyl (C=O) groups excluding carboxylic acids is 1. The van der Waals surface area contributed by atoms with E-state index in [0.29, 0.717) is 22.8 Å². The molecule has 2 heterocycles. The van der Waals surface area contributed by atoms with E-state index in [-0.39, 0.29) is 18.0 Å². The third-order valence-corrected chi connectivity index (χ3v) is 4.91. The summed E-state index contributed by atoms with van der Waals surface area (Å²) in [4.78, 5) is 33.1. The number of carbonyl (C=O) groups is 1. The number of ether oxygens (including phenoxy) is 1. The fraction of sp³-hybridized carbons (Fsp3) is 0.158. The Morgan fingerprint density at radius 2 is 2.07 bits per heavy atom. The van der Waals surface area contributed by atoms with Gasteiger partial charge in [0.25, 0.3) is 5.56 Å². The Morgan fingerprint density at radius 3 is 2.93 bits per heavy atom. The Hall–Kier alpha value is -3.26. The van der Waals surface area contributed by atoms with E-state index in [1.807, 2.05) is 31.2 Å². The zero-order valence-electron chi connectivity index (χ0n) is 14.5. The van der Waals surface area contributed by atoms with Crippen LogP contribution in [-0.2, 0) is 11.3 Å². The molecule has 4 aromatic rings. The number of para-hydroxylation sites is 2. The lowest BCUT2D eigenvalue weighted by atomic mass is 10.3. The molecule has 0 aliphatic carbocycles. The first-order valence-electron chi connectivity index (χ1n) is 8.42. The second kappa shape index (κ2) is 7.16. The molecule has 8 heteroatoms. The maximum absolute atomic E-state index is 12.5. The average Bonchev–Trinajstić information content (AvgIpc) is 3.06. The third kappa shape index (κ3) is 3.52. The van der Waals surface area contributed by atoms with Crippen LogP contribution >= 0.6 is 11.3 Å². The summed E-state index contributed by atoms with van der Waals surface area (Å²) in [6, 6.07) is 12.8. The number of hydrogen-bond acceptors (Lipinski definition) is 6. The Kier molecular flexibility index (Phi) is 4.55. The monoisotopic (exact) mass is 380 g/mol. The molecule has 7 nitrogen and oxygen atoms in total. The highest BCUT2D eigenvalue weighted by Gasteiger charge is 2.12. The summed E-state index contributed by atoms with van der Waals surface area (Å²) in [6.45, 7) is 2.40. The largest absolute Gasteiger partial charge is 0.494 e. The van der Waals surface area contributed by atoms with Crippen molar-refractivity contribution in [3.8, 4) is 5.75 Å². The van der Waals surface area contributed by atoms with Crippen molar-refractivity contribution < 1.29 is 9.53 Å². The highest BCUT2D eigenvalue weighted by Crippen LogP contribution is 2.29. The molecular formula is C19H16N4O3S. The predicted octanol–water partition coefficient (Wildman–Crippen LogP) is 3.04. The van der Waals surface area contributed by atoms with Gasteiger partial charge in [0.05, 0.1) is 34.1 Å². The van der Waals surface area contributed by atoms with Gasteiger partial charge in [0, 0.05) is 0 Å². The van der Waals surface area contributed by atoms with Crippen LogP contribution in [0.3, 0.4) is 0 Å². The minimum Gasteiger partial charge on any atom is -0.494 e. The Morgan fingerprint density at radius 1 is 1.22 bits per heavy atom. The van der Waals surface area contributed by atoms with Gasteiger partial charge in [-0.1, -0.05) is 23.5 Å². The van der Waals surface area contributed by atoms with Gasteiger partial charge in [-0.05, 0) is 37.3 Å². The van der Waals surface area contributed by atoms with Gasteiger partial charge in [-0.15, -0.1) is 0 Å². The first-order chi connectivity index (χ1) is 13.1. The molecule has 0 aliphatic heterocycles. The van der Waals surface area contributed by atoms with Gasteiger partial charge in [-0.2, -0.15) is 0 Å². The zero-order valence-corrected chi connectivity index (χ0v) is 15.3. The van der Waals surface area contributed by atoms with E-state index in [2.05, 4.69) is 15.3 Å². The molecule has 0 fully saturated rings. The molecule has 0 aliphatic rings. The molecule has 0 bridgehead atoms. The first-order valence-corrected chi connectivity index (χ1v) is 9.23. The highest BCUT2D eigenvalue weighted by molar-refractivity contribution is 7.22. The topological polar surface area (TPSA) is 86.1 Å². The lowest BCUT2D eigenvalue weighted by Gasteiger charge is -2.08. The fourth-order valence-corrected chi connectivity index (χ4v) is 3.71. The van der Waals surface area contributed by atoms with Crippen molar-refractivity contribution in [1.29, 1.82) is 0 Å². The maximum atomic E-state index is 12.5. The van der Waals surface area contributed by atoms with Gasteiger partial charge in [0.2, 0.25) is 5.91 Å². The fourth-order valence-electron chi connectivity index (χ4n) is 2.80. The molecule has 0 unspecified atom stereocenters. The number of benzene rings is 2. The van der Waals surface area contributed by atoms with E-state index < -0.39 is 0 Å². The van der Waals surface area contributed by atoms with Crippen molar-refractivity contribution in [2.45, 2.75) is 13.5 Å². The molecule has 1 N–H and O–H groups in total. The van der Waals surface area contributed by atoms with Crippen molar-refractivity contribution in [3.05, 3.63) is 59.0 Å². The van der Waals surface area contributed by atoms with E-state index in [1.165, 1.54) is 22.1 Å². The molecule has 0 atom stereocenters. The second-order valence-electron chi connectivity index (χ2n) is 5.80. The van der Waals surface area contributed by atoms with Crippen molar-refractivity contribution >= 4 is 43.6 Å². The number of thiazole rings is 1. The van der Waals surface area contributed by atoms with Gasteiger partial charge < -0.3 is 10.1 Å². The Bertz CT molecular complexity index is 1200. The molecule has 0 saturated heterocycles. The molecule has 27 heavy (non-hydrogen) atoms. The molecule has 2 aromatic heterocycles. The van der Waals surface area contributed by atoms with Crippen molar-refractivity contribution in [2.24, 2.45) is 0 Å². The number of fused-ring (bicyclic) bond motifs is 2. The number of nitrogens with one attached hydrogen (secondary N) is 1. The maximum Gasteiger partial charge on any atom is 0.269 e. The third-order valence-electron chi connectivity index (χ3n) is 3.97. The molecule has 136 valence electrons. The second-order valence-corrected chi connectivity index (χ2v) is 6.83. The summed E-state index contributed by atoms with van der Waals surface area (Å²) in [6.07, 6.45) is 1.22. The summed E-state index contributed by atoms with van der Waals surface area (Å²) >= 11 is 1.36. The van der Waals surface area contributed by atoms with Crippen LogP contribution in [0.1, 0.15) is 6.92 Å². The van der Waals surface area contributed by atoms with E-state index >= 15 is 0 Å². The molecule has 2 aromatic carbocycles. The number of hydrogen-bond donors (Lipinski definition) is 1. The summed E-state index contributed by atoms with van der Waals surface area (Å²) in [5.41, 5.74) is 1.74. The van der Waals surface area contributed by atoms with Crippen LogP contribution in [0.25, 0.3) is 21.3 Å². The summed E-state index contributed by atoms with van der Waals surface area (Å²) in [5, 5.41) is 3.25. The number of aromatic nitrogens is 3. The highest BCUT2D eigenvalue weighted by atomic mass is 32.1. The molecule has 4 rings (SSSR count). The number of amides is 1. The average molecular weight is 380 g/mol. The van der Waals surface area contributed by atoms with Crippen LogP contribution in [-0.4, -0.2) is 27.0 Å². The Labute approximate surface area is 158 Å². The van der Waals surface area contributed by atoms with E-state index in [1.54, 1.807) is 18.2 Å². The van der Waals surface area contributed by atoms with Crippen LogP contribution < -0.4 is 15.6 Å². The lowest BCUT2D eigenvalue weighted by Crippen LogP contribution is -2.27. The van der Waals surface area contributed by atoms with Gasteiger partial charge in [-0.3, -0.25) is 14.2 Å². The molecule has 0 spiro atoms. The van der Waals surface area contributed by atoms with Gasteiger partial charge in [0.15, 0.2) is 5.13 Å². The van der Waals surface area contributed by atoms with Crippen LogP contribution in [0.4, 0.5) is 5.13 Å². The Balaban J connectivity index is 1.57. The van der Waals surface area contributed by atoms with Crippen LogP contribution in [0.5, 0.6) is 5.75 Å². The summed E-state index contributed by atoms with van der Waals surface area (Å²) in [7, 11) is 0. The van der Waals surface area contributed by atoms with Gasteiger partial charge >= 0.3 is 0 Å². The van der Waals surface area contributed by atoms with Crippen molar-refractivity contribution in [3.63, 3.8) is 0 Å². The lowest BCUT2D eigenvalue weighted by molar-refractivity contribution is -0.116. The van der Waals surface area contributed by atoms with Crippen molar-refractivity contribution in [1.82, 2.24) is 14.5 Å². The normalized spacial score (nSPS) is 11.0. The molecular weight excluding hydrogens is 364 g/mol. The smallest absolute Gasteiger partial charge is 0.269 e. The van der Waals surface area contributed by atoms with Crippen molar-refractivity contribution in [2.75, 3.05) is 11.9 Å². The van der Waals surface area contributed by atoms with Crippen LogP contribution in [0.2, 0.25) is 0 Å². The molecule has 0 saturated carbocycles. The van der Waals surface area contributed by atoms with Gasteiger partial charge in [-0.25, -0.2) is 9.97 Å². The summed E-state index contributed by atoms with van der Waals surface area (Å²) < 4.78 is 7.81. The quantitative estimate of drug-likeness (QED) is 0.575. The first kappa shape index (κ1) is 17.2. The minimum absolute atomic E-state index is 0.109. The van der Waals surface area contributed by atoms with E-state index in [0.717, 1.165) is 16.0 Å². The van der Waals surface area contributed by atoms with Crippen LogP contribution in [0.15, 0.2) is 53.5 Å². The standard InChI is InChI=1S/C19H16N4O3S/c1-2-26-12-7-8-14-16(9-12)27-19(21-14)22-17(24)11-23-15-6-4-3-5-13(15)20-10-18(23)25/h3-10H,2,11H2,1H3,(H,21,22,24). The number of nitrogens with zero attached hydrogens (tertiary/aromatic N) is 3.